The van der Waals surface area contributed by atoms with E-state index in [1.807, 2.05) is 0 Å². The summed E-state index contributed by atoms with van der Waals surface area (Å²) >= 11 is 0. The number of nitrogens with zero attached hydrogens (tertiary/aromatic N) is 2. The Bertz CT molecular complexity index is 286. The molecule has 0 bridgehead atoms. The van der Waals surface area contributed by atoms with Gasteiger partial charge in [0, 0.05) is 37.6 Å². The maximum Gasteiger partial charge on any atom is 0.127 e. The van der Waals surface area contributed by atoms with Gasteiger partial charge in [0.1, 0.15) is 6.29 Å². The SMILES string of the molecule is O=CC1(CN2CCN3CCCC3C2)CCCC1. The molecule has 0 amide bonds. The zero-order valence-electron chi connectivity index (χ0n) is 10.7. The Morgan fingerprint density at radius 1 is 1.12 bits per heavy atom. The van der Waals surface area contributed by atoms with E-state index in [1.165, 1.54) is 58.1 Å². The molecule has 0 N–H and O–H groups in total. The minimum Gasteiger partial charge on any atom is -0.303 e. The van der Waals surface area contributed by atoms with Crippen LogP contribution >= 0.6 is 0 Å². The summed E-state index contributed by atoms with van der Waals surface area (Å²) in [6.07, 6.45) is 8.76. The van der Waals surface area contributed by atoms with E-state index in [1.54, 1.807) is 0 Å². The molecular formula is C14H24N2O. The fourth-order valence-electron chi connectivity index (χ4n) is 4.04. The van der Waals surface area contributed by atoms with Crippen molar-refractivity contribution in [1.82, 2.24) is 9.80 Å². The first-order chi connectivity index (χ1) is 8.31. The third-order valence-corrected chi connectivity index (χ3v) is 5.06. The topological polar surface area (TPSA) is 23.6 Å². The zero-order valence-corrected chi connectivity index (χ0v) is 10.7. The van der Waals surface area contributed by atoms with Crippen LogP contribution in [0.4, 0.5) is 0 Å². The molecular weight excluding hydrogens is 212 g/mol. The van der Waals surface area contributed by atoms with E-state index in [-0.39, 0.29) is 5.41 Å². The van der Waals surface area contributed by atoms with Gasteiger partial charge in [0.25, 0.3) is 0 Å². The molecule has 0 spiro atoms. The van der Waals surface area contributed by atoms with Gasteiger partial charge in [-0.25, -0.2) is 0 Å². The first kappa shape index (κ1) is 11.7. The molecule has 3 rings (SSSR count). The molecule has 2 heterocycles. The van der Waals surface area contributed by atoms with Gasteiger partial charge in [0.05, 0.1) is 0 Å². The van der Waals surface area contributed by atoms with Gasteiger partial charge in [-0.2, -0.15) is 0 Å². The molecule has 17 heavy (non-hydrogen) atoms. The maximum absolute atomic E-state index is 11.4. The van der Waals surface area contributed by atoms with Gasteiger partial charge in [0.15, 0.2) is 0 Å². The van der Waals surface area contributed by atoms with E-state index in [2.05, 4.69) is 9.80 Å². The summed E-state index contributed by atoms with van der Waals surface area (Å²) in [7, 11) is 0. The summed E-state index contributed by atoms with van der Waals surface area (Å²) in [5.74, 6) is 0. The van der Waals surface area contributed by atoms with Crippen molar-refractivity contribution in [2.24, 2.45) is 5.41 Å². The van der Waals surface area contributed by atoms with Crippen molar-refractivity contribution >= 4 is 6.29 Å². The van der Waals surface area contributed by atoms with Crippen molar-refractivity contribution < 1.29 is 4.79 Å². The lowest BCUT2D eigenvalue weighted by atomic mass is 9.87. The second-order valence-corrected chi connectivity index (χ2v) is 6.25. The normalized spacial score (nSPS) is 33.8. The molecule has 1 aliphatic carbocycles. The molecule has 1 atom stereocenters. The Morgan fingerprint density at radius 2 is 1.94 bits per heavy atom. The molecule has 3 aliphatic rings. The second kappa shape index (κ2) is 4.69. The van der Waals surface area contributed by atoms with Crippen LogP contribution in [0.25, 0.3) is 0 Å². The van der Waals surface area contributed by atoms with E-state index >= 15 is 0 Å². The fourth-order valence-corrected chi connectivity index (χ4v) is 4.04. The highest BCUT2D eigenvalue weighted by Crippen LogP contribution is 2.37. The first-order valence-corrected chi connectivity index (χ1v) is 7.24. The summed E-state index contributed by atoms with van der Waals surface area (Å²) in [5, 5.41) is 0. The lowest BCUT2D eigenvalue weighted by Gasteiger charge is -2.40. The fraction of sp³-hybridized carbons (Fsp3) is 0.929. The van der Waals surface area contributed by atoms with Crippen molar-refractivity contribution in [1.29, 1.82) is 0 Å². The number of carbonyl (C=O) groups excluding carboxylic acids is 1. The van der Waals surface area contributed by atoms with E-state index < -0.39 is 0 Å². The van der Waals surface area contributed by atoms with E-state index in [0.717, 1.165) is 25.4 Å². The number of piperazine rings is 1. The third kappa shape index (κ3) is 2.27. The minimum atomic E-state index is 0.0147. The van der Waals surface area contributed by atoms with Crippen LogP contribution in [0.15, 0.2) is 0 Å². The average molecular weight is 236 g/mol. The van der Waals surface area contributed by atoms with Gasteiger partial charge < -0.3 is 4.79 Å². The first-order valence-electron chi connectivity index (χ1n) is 7.24. The Hall–Kier alpha value is -0.410. The van der Waals surface area contributed by atoms with Crippen LogP contribution in [0.2, 0.25) is 0 Å². The lowest BCUT2D eigenvalue weighted by Crippen LogP contribution is -2.52. The second-order valence-electron chi connectivity index (χ2n) is 6.25. The quantitative estimate of drug-likeness (QED) is 0.694. The zero-order chi connectivity index (χ0) is 11.7. The largest absolute Gasteiger partial charge is 0.303 e. The Labute approximate surface area is 104 Å². The molecule has 1 unspecified atom stereocenters. The van der Waals surface area contributed by atoms with Gasteiger partial charge in [-0.15, -0.1) is 0 Å². The number of fused-ring (bicyclic) bond motifs is 1. The summed E-state index contributed by atoms with van der Waals surface area (Å²) in [6, 6.07) is 0.786. The van der Waals surface area contributed by atoms with Gasteiger partial charge in [0.2, 0.25) is 0 Å². The molecule has 2 saturated heterocycles. The molecule has 0 radical (unpaired) electrons. The highest BCUT2D eigenvalue weighted by molar-refractivity contribution is 5.60. The maximum atomic E-state index is 11.4. The van der Waals surface area contributed by atoms with E-state index in [9.17, 15) is 4.79 Å². The number of rotatable bonds is 3. The van der Waals surface area contributed by atoms with Crippen molar-refractivity contribution in [3.05, 3.63) is 0 Å². The van der Waals surface area contributed by atoms with E-state index in [0.29, 0.717) is 0 Å². The average Bonchev–Trinajstić information content (AvgIpc) is 2.97. The number of hydrogen-bond donors (Lipinski definition) is 0. The van der Waals surface area contributed by atoms with Crippen LogP contribution in [0, 0.1) is 5.41 Å². The van der Waals surface area contributed by atoms with Gasteiger partial charge in [-0.05, 0) is 32.2 Å². The Balaban J connectivity index is 1.60. The standard InChI is InChI=1S/C14H24N2O/c17-12-14(5-1-2-6-14)11-15-8-9-16-7-3-4-13(16)10-15/h12-13H,1-11H2. The van der Waals surface area contributed by atoms with Crippen molar-refractivity contribution in [3.63, 3.8) is 0 Å². The van der Waals surface area contributed by atoms with Crippen molar-refractivity contribution in [2.75, 3.05) is 32.7 Å². The van der Waals surface area contributed by atoms with Gasteiger partial charge in [-0.1, -0.05) is 12.8 Å². The Kier molecular flexibility index (Phi) is 3.22. The molecule has 2 aliphatic heterocycles. The molecule has 0 aromatic rings. The lowest BCUT2D eigenvalue weighted by molar-refractivity contribution is -0.117. The van der Waals surface area contributed by atoms with Crippen LogP contribution in [-0.4, -0.2) is 54.9 Å². The highest BCUT2D eigenvalue weighted by Gasteiger charge is 2.38. The summed E-state index contributed by atoms with van der Waals surface area (Å²) in [5.41, 5.74) is 0.0147. The van der Waals surface area contributed by atoms with Crippen LogP contribution in [-0.2, 0) is 4.79 Å². The summed E-state index contributed by atoms with van der Waals surface area (Å²) < 4.78 is 0. The minimum absolute atomic E-state index is 0.0147. The monoisotopic (exact) mass is 236 g/mol. The molecule has 3 heteroatoms. The van der Waals surface area contributed by atoms with Crippen LogP contribution < -0.4 is 0 Å². The predicted molar refractivity (Wildman–Crippen MR) is 68.0 cm³/mol. The van der Waals surface area contributed by atoms with Crippen molar-refractivity contribution in [3.8, 4) is 0 Å². The molecule has 0 aromatic heterocycles. The van der Waals surface area contributed by atoms with Crippen LogP contribution in [0.1, 0.15) is 38.5 Å². The van der Waals surface area contributed by atoms with Crippen LogP contribution in [0.3, 0.4) is 0 Å². The molecule has 0 aromatic carbocycles. The third-order valence-electron chi connectivity index (χ3n) is 5.06. The van der Waals surface area contributed by atoms with Gasteiger partial charge in [-0.3, -0.25) is 9.80 Å². The van der Waals surface area contributed by atoms with Gasteiger partial charge >= 0.3 is 0 Å². The smallest absolute Gasteiger partial charge is 0.127 e. The highest BCUT2D eigenvalue weighted by atomic mass is 16.1. The number of carbonyl (C=O) groups is 1. The number of hydrogen-bond acceptors (Lipinski definition) is 3. The van der Waals surface area contributed by atoms with Crippen molar-refractivity contribution in [2.45, 2.75) is 44.6 Å². The predicted octanol–water partition coefficient (Wildman–Crippen LogP) is 1.53. The van der Waals surface area contributed by atoms with E-state index in [4.69, 9.17) is 0 Å². The molecule has 96 valence electrons. The molecule has 3 fully saturated rings. The summed E-state index contributed by atoms with van der Waals surface area (Å²) in [4.78, 5) is 16.6. The van der Waals surface area contributed by atoms with Crippen LogP contribution in [0.5, 0.6) is 0 Å². The summed E-state index contributed by atoms with van der Waals surface area (Å²) in [6.45, 7) is 5.93. The molecule has 3 nitrogen and oxygen atoms in total. The number of aldehydes is 1. The Morgan fingerprint density at radius 3 is 2.71 bits per heavy atom. The molecule has 1 saturated carbocycles.